The number of nitrogens with one attached hydrogen (secondary N) is 1. The quantitative estimate of drug-likeness (QED) is 0.0528. The molecule has 1 heterocycles. The third-order valence-corrected chi connectivity index (χ3v) is 11.7. The maximum Gasteiger partial charge on any atom is 0.215 e. The van der Waals surface area contributed by atoms with Crippen LogP contribution >= 0.6 is 0 Å². The lowest BCUT2D eigenvalue weighted by atomic mass is 9.93. The first-order chi connectivity index (χ1) is 26.5. The van der Waals surface area contributed by atoms with Crippen molar-refractivity contribution < 1.29 is 4.68 Å². The third-order valence-electron chi connectivity index (χ3n) is 11.7. The SMILES string of the molecule is CCCCCCCC=C1C=C(c2cc(CCCCCCC)cc(CCCCCCC)c2)[N+]([NH-])=C1c1cc(CCCCCCC)cc(CCCCCCC)c1. The van der Waals surface area contributed by atoms with Crippen molar-refractivity contribution in [2.45, 2.75) is 227 Å². The van der Waals surface area contributed by atoms with Gasteiger partial charge in [0, 0.05) is 22.8 Å². The molecule has 2 aromatic rings. The van der Waals surface area contributed by atoms with Crippen molar-refractivity contribution in [3.63, 3.8) is 0 Å². The second-order valence-electron chi connectivity index (χ2n) is 16.8. The van der Waals surface area contributed by atoms with Gasteiger partial charge < -0.3 is 5.84 Å². The topological polar surface area (TPSA) is 26.8 Å². The molecule has 0 unspecified atom stereocenters. The minimum Gasteiger partial charge on any atom is -0.448 e. The summed E-state index contributed by atoms with van der Waals surface area (Å²) in [6, 6.07) is 14.8. The Morgan fingerprint density at radius 3 is 1.11 bits per heavy atom. The highest BCUT2D eigenvalue weighted by Crippen LogP contribution is 2.32. The lowest BCUT2D eigenvalue weighted by molar-refractivity contribution is -0.347. The monoisotopic (exact) mass is 737 g/mol. The summed E-state index contributed by atoms with van der Waals surface area (Å²) in [6.07, 6.45) is 43.2. The molecule has 2 heteroatoms. The van der Waals surface area contributed by atoms with Gasteiger partial charge >= 0.3 is 0 Å². The molecule has 0 radical (unpaired) electrons. The zero-order chi connectivity index (χ0) is 38.6. The van der Waals surface area contributed by atoms with Gasteiger partial charge in [0.05, 0.1) is 0 Å². The lowest BCUT2D eigenvalue weighted by Gasteiger charge is -2.14. The number of aryl methyl sites for hydroxylation is 4. The van der Waals surface area contributed by atoms with E-state index in [2.05, 4.69) is 83.2 Å². The molecule has 0 aromatic heterocycles. The van der Waals surface area contributed by atoms with E-state index in [0.29, 0.717) is 0 Å². The fourth-order valence-corrected chi connectivity index (χ4v) is 8.32. The molecular weight excluding hydrogens is 653 g/mol. The van der Waals surface area contributed by atoms with E-state index in [9.17, 15) is 5.84 Å². The van der Waals surface area contributed by atoms with Crippen molar-refractivity contribution >= 4 is 11.4 Å². The largest absolute Gasteiger partial charge is 0.448 e. The lowest BCUT2D eigenvalue weighted by Crippen LogP contribution is -2.13. The first-order valence-corrected chi connectivity index (χ1v) is 23.6. The van der Waals surface area contributed by atoms with E-state index < -0.39 is 0 Å². The van der Waals surface area contributed by atoms with Crippen molar-refractivity contribution in [2.75, 3.05) is 0 Å². The van der Waals surface area contributed by atoms with Gasteiger partial charge in [-0.3, -0.25) is 0 Å². The molecule has 0 saturated carbocycles. The van der Waals surface area contributed by atoms with Crippen LogP contribution in [-0.4, -0.2) is 10.4 Å². The molecule has 0 saturated heterocycles. The fraction of sp³-hybridized carbons (Fsp3) is 0.673. The first-order valence-electron chi connectivity index (χ1n) is 23.6. The molecule has 2 aromatic carbocycles. The second-order valence-corrected chi connectivity index (χ2v) is 16.8. The summed E-state index contributed by atoms with van der Waals surface area (Å²) in [7, 11) is 0. The minimum atomic E-state index is 1.06. The molecule has 2 nitrogen and oxygen atoms in total. The summed E-state index contributed by atoms with van der Waals surface area (Å²) < 4.78 is 1.83. The Hall–Kier alpha value is -2.61. The molecular formula is C52H84N2. The van der Waals surface area contributed by atoms with Gasteiger partial charge in [-0.25, -0.2) is 4.68 Å². The molecule has 0 atom stereocenters. The number of hydrogen-bond donors (Lipinski definition) is 0. The molecule has 3 rings (SSSR count). The van der Waals surface area contributed by atoms with Crippen molar-refractivity contribution in [3.05, 3.63) is 93.3 Å². The van der Waals surface area contributed by atoms with Crippen LogP contribution < -0.4 is 0 Å². The molecule has 0 aliphatic carbocycles. The van der Waals surface area contributed by atoms with E-state index in [-0.39, 0.29) is 0 Å². The second kappa shape index (κ2) is 28.7. The summed E-state index contributed by atoms with van der Waals surface area (Å²) in [4.78, 5) is 0. The summed E-state index contributed by atoms with van der Waals surface area (Å²) in [5.74, 6) is 9.85. The van der Waals surface area contributed by atoms with Gasteiger partial charge in [-0.15, -0.1) is 0 Å². The van der Waals surface area contributed by atoms with Crippen LogP contribution in [0.5, 0.6) is 0 Å². The summed E-state index contributed by atoms with van der Waals surface area (Å²) in [5.41, 5.74) is 11.8. The van der Waals surface area contributed by atoms with Crippen LogP contribution in [0.25, 0.3) is 11.5 Å². The highest BCUT2D eigenvalue weighted by molar-refractivity contribution is 6.15. The molecule has 0 fully saturated rings. The molecule has 302 valence electrons. The standard InChI is InChI=1S/C52H84N2/c1-6-11-16-21-26-31-36-48-43-51(49-39-44(32-27-22-17-12-7-2)37-45(40-49)33-28-23-18-13-8-3)54(53)52(48)50-41-46(34-29-24-19-14-9-4)38-47(42-50)35-30-25-20-15-10-5/h36-43,53H,6-35H2,1-5H3. The highest BCUT2D eigenvalue weighted by Gasteiger charge is 2.29. The van der Waals surface area contributed by atoms with Crippen molar-refractivity contribution in [1.82, 2.24) is 0 Å². The van der Waals surface area contributed by atoms with Crippen molar-refractivity contribution in [3.8, 4) is 0 Å². The summed E-state index contributed by atoms with van der Waals surface area (Å²) in [6.45, 7) is 11.5. The number of nitrogens with zero attached hydrogens (tertiary/aromatic N) is 1. The Kier molecular flexibility index (Phi) is 24.4. The number of allylic oxidation sites excluding steroid dienone is 3. The van der Waals surface area contributed by atoms with Gasteiger partial charge in [0.2, 0.25) is 11.4 Å². The Balaban J connectivity index is 2.02. The summed E-state index contributed by atoms with van der Waals surface area (Å²) >= 11 is 0. The van der Waals surface area contributed by atoms with E-state index >= 15 is 0 Å². The van der Waals surface area contributed by atoms with Crippen LogP contribution in [-0.2, 0) is 25.7 Å². The Morgan fingerprint density at radius 1 is 0.407 bits per heavy atom. The molecule has 1 aliphatic rings. The van der Waals surface area contributed by atoms with Crippen LogP contribution in [0.1, 0.15) is 235 Å². The smallest absolute Gasteiger partial charge is 0.215 e. The Bertz CT molecular complexity index is 1330. The van der Waals surface area contributed by atoms with Crippen LogP contribution in [0.2, 0.25) is 0 Å². The van der Waals surface area contributed by atoms with E-state index in [1.807, 2.05) is 4.68 Å². The average Bonchev–Trinajstić information content (AvgIpc) is 3.51. The Labute approximate surface area is 335 Å². The number of hydrogen-bond acceptors (Lipinski definition) is 0. The third kappa shape index (κ3) is 17.5. The number of rotatable bonds is 32. The number of unbranched alkanes of at least 4 members (excludes halogenated alkanes) is 21. The average molecular weight is 737 g/mol. The van der Waals surface area contributed by atoms with Crippen molar-refractivity contribution in [2.24, 2.45) is 0 Å². The van der Waals surface area contributed by atoms with E-state index in [4.69, 9.17) is 0 Å². The normalized spacial score (nSPS) is 13.8. The van der Waals surface area contributed by atoms with E-state index in [0.717, 1.165) is 43.5 Å². The predicted molar refractivity (Wildman–Crippen MR) is 241 cm³/mol. The van der Waals surface area contributed by atoms with Crippen LogP contribution in [0.4, 0.5) is 0 Å². The van der Waals surface area contributed by atoms with Gasteiger partial charge in [-0.1, -0.05) is 181 Å². The maximum absolute atomic E-state index is 9.85. The minimum absolute atomic E-state index is 1.06. The van der Waals surface area contributed by atoms with Gasteiger partial charge in [-0.2, -0.15) is 0 Å². The molecule has 1 aliphatic heterocycles. The van der Waals surface area contributed by atoms with Gasteiger partial charge in [0.25, 0.3) is 0 Å². The Morgan fingerprint density at radius 2 is 0.741 bits per heavy atom. The van der Waals surface area contributed by atoms with Crippen LogP contribution in [0, 0.1) is 0 Å². The molecule has 0 amide bonds. The summed E-state index contributed by atoms with van der Waals surface area (Å²) in [5, 5.41) is 0. The highest BCUT2D eigenvalue weighted by atomic mass is 15.3. The van der Waals surface area contributed by atoms with Crippen LogP contribution in [0.3, 0.4) is 0 Å². The molecule has 1 N–H and O–H groups in total. The maximum atomic E-state index is 9.85. The number of benzene rings is 2. The molecule has 54 heavy (non-hydrogen) atoms. The predicted octanol–water partition coefficient (Wildman–Crippen LogP) is 16.8. The zero-order valence-electron chi connectivity index (χ0n) is 36.3. The van der Waals surface area contributed by atoms with Gasteiger partial charge in [0.15, 0.2) is 0 Å². The van der Waals surface area contributed by atoms with Gasteiger partial charge in [-0.05, 0) is 111 Å². The van der Waals surface area contributed by atoms with Gasteiger partial charge in [0.1, 0.15) is 0 Å². The van der Waals surface area contributed by atoms with Crippen LogP contribution in [0.15, 0.2) is 54.1 Å². The molecule has 0 bridgehead atoms. The molecule has 0 spiro atoms. The first kappa shape index (κ1) is 45.8. The van der Waals surface area contributed by atoms with E-state index in [1.54, 1.807) is 0 Å². The fourth-order valence-electron chi connectivity index (χ4n) is 8.32. The van der Waals surface area contributed by atoms with E-state index in [1.165, 1.54) is 199 Å². The zero-order valence-corrected chi connectivity index (χ0v) is 36.3. The van der Waals surface area contributed by atoms with Crippen molar-refractivity contribution in [1.29, 1.82) is 0 Å².